The largest absolute Gasteiger partial charge is 0.466 e. The van der Waals surface area contributed by atoms with Crippen LogP contribution in [0.4, 0.5) is 0 Å². The molecule has 0 spiro atoms. The number of rotatable bonds is 6. The van der Waals surface area contributed by atoms with Crippen LogP contribution in [-0.4, -0.2) is 54.7 Å². The number of nitrogens with zero attached hydrogens (tertiary/aromatic N) is 2. The number of aliphatic hydroxyl groups is 1. The second-order valence-electron chi connectivity index (χ2n) is 6.66. The maximum absolute atomic E-state index is 12.1. The summed E-state index contributed by atoms with van der Waals surface area (Å²) in [6.45, 7) is 8.75. The van der Waals surface area contributed by atoms with Gasteiger partial charge in [-0.2, -0.15) is 0 Å². The number of hydrogen-bond acceptors (Lipinski definition) is 4. The fourth-order valence-corrected chi connectivity index (χ4v) is 3.11. The van der Waals surface area contributed by atoms with E-state index in [1.165, 1.54) is 0 Å². The Bertz CT molecular complexity index is 607. The molecule has 1 fully saturated rings. The first-order valence-corrected chi connectivity index (χ1v) is 9.49. The van der Waals surface area contributed by atoms with Gasteiger partial charge in [-0.05, 0) is 39.2 Å². The molecule has 1 aromatic carbocycles. The number of benzene rings is 1. The predicted octanol–water partition coefficient (Wildman–Crippen LogP) is 2.89. The van der Waals surface area contributed by atoms with E-state index in [4.69, 9.17) is 4.74 Å². The van der Waals surface area contributed by atoms with E-state index in [9.17, 15) is 9.90 Å². The highest BCUT2D eigenvalue weighted by molar-refractivity contribution is 14.0. The predicted molar refractivity (Wildman–Crippen MR) is 118 cm³/mol. The minimum Gasteiger partial charge on any atom is -0.466 e. The van der Waals surface area contributed by atoms with Crippen molar-refractivity contribution in [2.24, 2.45) is 10.9 Å². The second kappa shape index (κ2) is 12.2. The van der Waals surface area contributed by atoms with Crippen molar-refractivity contribution >= 4 is 35.9 Å². The number of ether oxygens (including phenoxy) is 1. The normalized spacial score (nSPS) is 18.4. The van der Waals surface area contributed by atoms with E-state index in [0.717, 1.165) is 43.0 Å². The first-order valence-electron chi connectivity index (χ1n) is 9.49. The highest BCUT2D eigenvalue weighted by atomic mass is 127. The van der Waals surface area contributed by atoms with E-state index in [1.54, 1.807) is 0 Å². The number of carbonyl (C=O) groups excluding carboxylic acids is 1. The molecule has 2 rings (SSSR count). The number of halogens is 1. The number of aliphatic imine (C=N–C) groups is 1. The summed E-state index contributed by atoms with van der Waals surface area (Å²) in [4.78, 5) is 18.8. The van der Waals surface area contributed by atoms with Crippen molar-refractivity contribution in [1.29, 1.82) is 0 Å². The van der Waals surface area contributed by atoms with Crippen LogP contribution in [0.2, 0.25) is 0 Å². The molecule has 7 heteroatoms. The SMILES string of the molecule is CCNC(=NCC(O)c1ccc(C)cc1)N1CCCC(C(=O)OCC)C1.I. The standard InChI is InChI=1S/C20H31N3O3.HI/c1-4-21-20(22-13-18(24)16-10-8-15(3)9-11-16)23-12-6-7-17(14-23)19(25)26-5-2;/h8-11,17-18,24H,4-7,12-14H2,1-3H3,(H,21,22);1H. The van der Waals surface area contributed by atoms with Crippen molar-refractivity contribution in [3.63, 3.8) is 0 Å². The van der Waals surface area contributed by atoms with Crippen LogP contribution in [0.25, 0.3) is 0 Å². The minimum atomic E-state index is -0.644. The van der Waals surface area contributed by atoms with Gasteiger partial charge in [-0.25, -0.2) is 0 Å². The summed E-state index contributed by atoms with van der Waals surface area (Å²) < 4.78 is 5.17. The number of esters is 1. The van der Waals surface area contributed by atoms with Crippen molar-refractivity contribution in [3.05, 3.63) is 35.4 Å². The van der Waals surface area contributed by atoms with Crippen LogP contribution in [-0.2, 0) is 9.53 Å². The van der Waals surface area contributed by atoms with Gasteiger partial charge in [0.25, 0.3) is 0 Å². The van der Waals surface area contributed by atoms with Crippen LogP contribution >= 0.6 is 24.0 Å². The zero-order valence-corrected chi connectivity index (χ0v) is 18.8. The topological polar surface area (TPSA) is 74.2 Å². The summed E-state index contributed by atoms with van der Waals surface area (Å²) in [5, 5.41) is 13.7. The number of guanidine groups is 1. The number of aryl methyl sites for hydroxylation is 1. The summed E-state index contributed by atoms with van der Waals surface area (Å²) in [5.41, 5.74) is 2.02. The second-order valence-corrected chi connectivity index (χ2v) is 6.66. The first-order chi connectivity index (χ1) is 12.5. The number of nitrogens with one attached hydrogen (secondary N) is 1. The van der Waals surface area contributed by atoms with Gasteiger partial charge in [0.1, 0.15) is 0 Å². The molecule has 1 aliphatic rings. The monoisotopic (exact) mass is 489 g/mol. The Morgan fingerprint density at radius 2 is 2.07 bits per heavy atom. The smallest absolute Gasteiger partial charge is 0.310 e. The molecule has 27 heavy (non-hydrogen) atoms. The van der Waals surface area contributed by atoms with Crippen LogP contribution in [0, 0.1) is 12.8 Å². The van der Waals surface area contributed by atoms with Crippen LogP contribution in [0.5, 0.6) is 0 Å². The number of aliphatic hydroxyl groups excluding tert-OH is 1. The summed E-state index contributed by atoms with van der Waals surface area (Å²) in [7, 11) is 0. The third kappa shape index (κ3) is 7.29. The third-order valence-electron chi connectivity index (χ3n) is 4.55. The first kappa shape index (κ1) is 23.7. The average Bonchev–Trinajstić information content (AvgIpc) is 2.65. The lowest BCUT2D eigenvalue weighted by molar-refractivity contribution is -0.149. The van der Waals surface area contributed by atoms with Gasteiger partial charge < -0.3 is 20.1 Å². The van der Waals surface area contributed by atoms with E-state index in [0.29, 0.717) is 13.2 Å². The molecule has 0 aromatic heterocycles. The van der Waals surface area contributed by atoms with Crippen LogP contribution in [0.1, 0.15) is 43.9 Å². The maximum atomic E-state index is 12.1. The molecule has 0 aliphatic carbocycles. The molecule has 2 unspecified atom stereocenters. The fraction of sp³-hybridized carbons (Fsp3) is 0.600. The molecule has 1 heterocycles. The molecule has 152 valence electrons. The van der Waals surface area contributed by atoms with E-state index in [-0.39, 0.29) is 42.4 Å². The molecular formula is C20H32IN3O3. The lowest BCUT2D eigenvalue weighted by atomic mass is 9.98. The molecule has 0 saturated carbocycles. The highest BCUT2D eigenvalue weighted by Gasteiger charge is 2.28. The van der Waals surface area contributed by atoms with Gasteiger partial charge in [-0.3, -0.25) is 9.79 Å². The van der Waals surface area contributed by atoms with E-state index in [1.807, 2.05) is 45.0 Å². The third-order valence-corrected chi connectivity index (χ3v) is 4.55. The summed E-state index contributed by atoms with van der Waals surface area (Å²) in [6.07, 6.45) is 1.13. The Morgan fingerprint density at radius 1 is 1.37 bits per heavy atom. The Morgan fingerprint density at radius 3 is 2.70 bits per heavy atom. The van der Waals surface area contributed by atoms with Crippen LogP contribution < -0.4 is 5.32 Å². The summed E-state index contributed by atoms with van der Waals surface area (Å²) >= 11 is 0. The molecule has 1 saturated heterocycles. The van der Waals surface area contributed by atoms with Crippen LogP contribution in [0.15, 0.2) is 29.3 Å². The molecule has 6 nitrogen and oxygen atoms in total. The summed E-state index contributed by atoms with van der Waals surface area (Å²) in [5.74, 6) is 0.495. The number of likely N-dealkylation sites (tertiary alicyclic amines) is 1. The lowest BCUT2D eigenvalue weighted by Crippen LogP contribution is -2.48. The van der Waals surface area contributed by atoms with Crippen molar-refractivity contribution in [1.82, 2.24) is 10.2 Å². The van der Waals surface area contributed by atoms with Gasteiger partial charge >= 0.3 is 5.97 Å². The van der Waals surface area contributed by atoms with Gasteiger partial charge in [0, 0.05) is 19.6 Å². The molecule has 0 bridgehead atoms. The number of piperidine rings is 1. The van der Waals surface area contributed by atoms with E-state index >= 15 is 0 Å². The summed E-state index contributed by atoms with van der Waals surface area (Å²) in [6, 6.07) is 7.84. The van der Waals surface area contributed by atoms with E-state index < -0.39 is 6.10 Å². The van der Waals surface area contributed by atoms with Crippen LogP contribution in [0.3, 0.4) is 0 Å². The Kier molecular flexibility index (Phi) is 10.7. The number of hydrogen-bond donors (Lipinski definition) is 2. The van der Waals surface area contributed by atoms with Gasteiger partial charge in [-0.15, -0.1) is 24.0 Å². The average molecular weight is 489 g/mol. The quantitative estimate of drug-likeness (QED) is 0.278. The zero-order valence-electron chi connectivity index (χ0n) is 16.5. The van der Waals surface area contributed by atoms with Crippen molar-refractivity contribution in [3.8, 4) is 0 Å². The van der Waals surface area contributed by atoms with Gasteiger partial charge in [0.2, 0.25) is 0 Å². The van der Waals surface area contributed by atoms with Gasteiger partial charge in [-0.1, -0.05) is 29.8 Å². The lowest BCUT2D eigenvalue weighted by Gasteiger charge is -2.34. The van der Waals surface area contributed by atoms with E-state index in [2.05, 4.69) is 15.2 Å². The molecular weight excluding hydrogens is 457 g/mol. The Labute approximate surface area is 179 Å². The van der Waals surface area contributed by atoms with Gasteiger partial charge in [0.15, 0.2) is 5.96 Å². The maximum Gasteiger partial charge on any atom is 0.310 e. The molecule has 1 aliphatic heterocycles. The zero-order chi connectivity index (χ0) is 18.9. The molecule has 1 aromatic rings. The molecule has 2 N–H and O–H groups in total. The van der Waals surface area contributed by atoms with Gasteiger partial charge in [0.05, 0.1) is 25.2 Å². The molecule has 2 atom stereocenters. The Balaban J connectivity index is 0.00000364. The Hall–Kier alpha value is -1.35. The van der Waals surface area contributed by atoms with Crippen molar-refractivity contribution in [2.75, 3.05) is 32.8 Å². The van der Waals surface area contributed by atoms with Crippen molar-refractivity contribution < 1.29 is 14.6 Å². The fourth-order valence-electron chi connectivity index (χ4n) is 3.11. The van der Waals surface area contributed by atoms with Crippen molar-refractivity contribution in [2.45, 2.75) is 39.7 Å². The molecule has 0 radical (unpaired) electrons. The number of carbonyl (C=O) groups is 1. The minimum absolute atomic E-state index is 0. The molecule has 0 amide bonds. The highest BCUT2D eigenvalue weighted by Crippen LogP contribution is 2.19.